The summed E-state index contributed by atoms with van der Waals surface area (Å²) < 4.78 is 4.87. The predicted octanol–water partition coefficient (Wildman–Crippen LogP) is -0.763. The standard InChI is InChI=1S/C10H20N2O3/c1-10(11,7-3-4-7)9(14)12-8(5-13)6-15-2/h7-8,13H,3-6,11H2,1-2H3,(H,12,14). The third-order valence-corrected chi connectivity index (χ3v) is 2.84. The normalized spacial score (nSPS) is 21.9. The van der Waals surface area contributed by atoms with E-state index in [0.717, 1.165) is 12.8 Å². The summed E-state index contributed by atoms with van der Waals surface area (Å²) in [6, 6.07) is -0.371. The minimum Gasteiger partial charge on any atom is -0.394 e. The van der Waals surface area contributed by atoms with Gasteiger partial charge in [-0.3, -0.25) is 4.79 Å². The van der Waals surface area contributed by atoms with Gasteiger partial charge in [-0.1, -0.05) is 0 Å². The minimum absolute atomic E-state index is 0.139. The second-order valence-electron chi connectivity index (χ2n) is 4.37. The van der Waals surface area contributed by atoms with Gasteiger partial charge in [-0.05, 0) is 25.7 Å². The molecule has 1 aliphatic rings. The second-order valence-corrected chi connectivity index (χ2v) is 4.37. The van der Waals surface area contributed by atoms with E-state index in [0.29, 0.717) is 6.61 Å². The lowest BCUT2D eigenvalue weighted by atomic mass is 9.96. The summed E-state index contributed by atoms with van der Waals surface area (Å²) in [6.07, 6.45) is 2.02. The molecule has 5 heteroatoms. The van der Waals surface area contributed by atoms with Crippen molar-refractivity contribution in [2.24, 2.45) is 11.7 Å². The van der Waals surface area contributed by atoms with Crippen LogP contribution >= 0.6 is 0 Å². The van der Waals surface area contributed by atoms with Crippen molar-refractivity contribution in [3.63, 3.8) is 0 Å². The van der Waals surface area contributed by atoms with E-state index in [-0.39, 0.29) is 24.5 Å². The molecule has 0 heterocycles. The number of amides is 1. The molecule has 88 valence electrons. The van der Waals surface area contributed by atoms with Crippen molar-refractivity contribution in [1.82, 2.24) is 5.32 Å². The summed E-state index contributed by atoms with van der Waals surface area (Å²) in [4.78, 5) is 11.8. The zero-order valence-electron chi connectivity index (χ0n) is 9.32. The predicted molar refractivity (Wildman–Crippen MR) is 56.2 cm³/mol. The van der Waals surface area contributed by atoms with Gasteiger partial charge in [0.25, 0.3) is 0 Å². The topological polar surface area (TPSA) is 84.6 Å². The average Bonchev–Trinajstić information content (AvgIpc) is 3.00. The van der Waals surface area contributed by atoms with Crippen LogP contribution in [-0.2, 0) is 9.53 Å². The highest BCUT2D eigenvalue weighted by atomic mass is 16.5. The van der Waals surface area contributed by atoms with Crippen molar-refractivity contribution in [1.29, 1.82) is 0 Å². The van der Waals surface area contributed by atoms with Crippen LogP contribution in [0.1, 0.15) is 19.8 Å². The maximum absolute atomic E-state index is 11.8. The van der Waals surface area contributed by atoms with Crippen molar-refractivity contribution in [3.8, 4) is 0 Å². The second kappa shape index (κ2) is 4.92. The molecule has 4 N–H and O–H groups in total. The number of nitrogens with one attached hydrogen (secondary N) is 1. The Morgan fingerprint density at radius 3 is 2.73 bits per heavy atom. The summed E-state index contributed by atoms with van der Waals surface area (Å²) in [5.41, 5.74) is 5.11. The van der Waals surface area contributed by atoms with Crippen LogP contribution in [0.25, 0.3) is 0 Å². The maximum atomic E-state index is 11.8. The highest BCUT2D eigenvalue weighted by molar-refractivity contribution is 5.86. The summed E-state index contributed by atoms with van der Waals surface area (Å²) in [5, 5.41) is 11.7. The lowest BCUT2D eigenvalue weighted by molar-refractivity contribution is -0.128. The molecule has 1 amide bonds. The van der Waals surface area contributed by atoms with Gasteiger partial charge < -0.3 is 20.9 Å². The van der Waals surface area contributed by atoms with Gasteiger partial charge in [-0.15, -0.1) is 0 Å². The fourth-order valence-electron chi connectivity index (χ4n) is 1.55. The number of hydrogen-bond donors (Lipinski definition) is 3. The number of hydrogen-bond acceptors (Lipinski definition) is 4. The number of aliphatic hydroxyl groups excluding tert-OH is 1. The molecule has 1 saturated carbocycles. The largest absolute Gasteiger partial charge is 0.394 e. The minimum atomic E-state index is -0.818. The Kier molecular flexibility index (Phi) is 4.07. The number of methoxy groups -OCH3 is 1. The van der Waals surface area contributed by atoms with E-state index < -0.39 is 5.54 Å². The van der Waals surface area contributed by atoms with E-state index in [4.69, 9.17) is 15.6 Å². The zero-order chi connectivity index (χ0) is 11.5. The molecule has 0 aromatic rings. The first-order chi connectivity index (χ1) is 7.02. The molecule has 0 radical (unpaired) electrons. The molecule has 0 aromatic heterocycles. The van der Waals surface area contributed by atoms with Crippen LogP contribution in [0.4, 0.5) is 0 Å². The smallest absolute Gasteiger partial charge is 0.240 e. The first-order valence-electron chi connectivity index (χ1n) is 5.22. The fourth-order valence-corrected chi connectivity index (χ4v) is 1.55. The zero-order valence-corrected chi connectivity index (χ0v) is 9.32. The summed E-state index contributed by atoms with van der Waals surface area (Å²) in [7, 11) is 1.53. The van der Waals surface area contributed by atoms with Crippen LogP contribution < -0.4 is 11.1 Å². The molecule has 0 bridgehead atoms. The Morgan fingerprint density at radius 2 is 2.33 bits per heavy atom. The summed E-state index contributed by atoms with van der Waals surface area (Å²) in [5.74, 6) is 0.0699. The Balaban J connectivity index is 2.45. The summed E-state index contributed by atoms with van der Waals surface area (Å²) in [6.45, 7) is 1.89. The van der Waals surface area contributed by atoms with Crippen molar-refractivity contribution < 1.29 is 14.6 Å². The lowest BCUT2D eigenvalue weighted by Crippen LogP contribution is -2.57. The van der Waals surface area contributed by atoms with Crippen molar-refractivity contribution in [3.05, 3.63) is 0 Å². The molecule has 0 spiro atoms. The van der Waals surface area contributed by atoms with Crippen LogP contribution in [0, 0.1) is 5.92 Å². The van der Waals surface area contributed by atoms with Gasteiger partial charge in [0.15, 0.2) is 0 Å². The van der Waals surface area contributed by atoms with E-state index in [9.17, 15) is 4.79 Å². The number of nitrogens with two attached hydrogens (primary N) is 1. The van der Waals surface area contributed by atoms with Gasteiger partial charge in [-0.2, -0.15) is 0 Å². The number of carbonyl (C=O) groups is 1. The van der Waals surface area contributed by atoms with Crippen LogP contribution in [0.5, 0.6) is 0 Å². The van der Waals surface area contributed by atoms with E-state index in [1.807, 2.05) is 0 Å². The molecule has 1 rings (SSSR count). The van der Waals surface area contributed by atoms with E-state index in [2.05, 4.69) is 5.32 Å². The molecule has 0 saturated heterocycles. The average molecular weight is 216 g/mol. The van der Waals surface area contributed by atoms with Gasteiger partial charge in [0.2, 0.25) is 5.91 Å². The first kappa shape index (κ1) is 12.4. The molecule has 5 nitrogen and oxygen atoms in total. The van der Waals surface area contributed by atoms with Crippen molar-refractivity contribution in [2.45, 2.75) is 31.3 Å². The van der Waals surface area contributed by atoms with Crippen molar-refractivity contribution in [2.75, 3.05) is 20.3 Å². The molecule has 1 fully saturated rings. The molecular formula is C10H20N2O3. The van der Waals surface area contributed by atoms with Crippen LogP contribution in [0.2, 0.25) is 0 Å². The Hall–Kier alpha value is -0.650. The van der Waals surface area contributed by atoms with Gasteiger partial charge in [-0.25, -0.2) is 0 Å². The molecule has 1 aliphatic carbocycles. The van der Waals surface area contributed by atoms with Crippen LogP contribution in [0.3, 0.4) is 0 Å². The highest BCUT2D eigenvalue weighted by Crippen LogP contribution is 2.38. The molecule has 2 unspecified atom stereocenters. The van der Waals surface area contributed by atoms with Gasteiger partial charge in [0, 0.05) is 7.11 Å². The summed E-state index contributed by atoms with van der Waals surface area (Å²) >= 11 is 0. The number of ether oxygens (including phenoxy) is 1. The van der Waals surface area contributed by atoms with Crippen LogP contribution in [-0.4, -0.2) is 42.9 Å². The Labute approximate surface area is 90.0 Å². The molecular weight excluding hydrogens is 196 g/mol. The third kappa shape index (κ3) is 3.15. The third-order valence-electron chi connectivity index (χ3n) is 2.84. The first-order valence-corrected chi connectivity index (χ1v) is 5.22. The molecule has 0 aliphatic heterocycles. The molecule has 0 aromatic carbocycles. The SMILES string of the molecule is COCC(CO)NC(=O)C(C)(N)C1CC1. The Bertz CT molecular complexity index is 227. The van der Waals surface area contributed by atoms with Crippen molar-refractivity contribution >= 4 is 5.91 Å². The maximum Gasteiger partial charge on any atom is 0.240 e. The van der Waals surface area contributed by atoms with E-state index in [1.54, 1.807) is 6.92 Å². The van der Waals surface area contributed by atoms with E-state index in [1.165, 1.54) is 7.11 Å². The molecule has 15 heavy (non-hydrogen) atoms. The Morgan fingerprint density at radius 1 is 1.73 bits per heavy atom. The van der Waals surface area contributed by atoms with Crippen LogP contribution in [0.15, 0.2) is 0 Å². The van der Waals surface area contributed by atoms with Gasteiger partial charge in [0.05, 0.1) is 24.8 Å². The number of rotatable bonds is 6. The lowest BCUT2D eigenvalue weighted by Gasteiger charge is -2.26. The number of aliphatic hydroxyl groups is 1. The van der Waals surface area contributed by atoms with Gasteiger partial charge >= 0.3 is 0 Å². The van der Waals surface area contributed by atoms with E-state index >= 15 is 0 Å². The fraction of sp³-hybridized carbons (Fsp3) is 0.900. The van der Waals surface area contributed by atoms with Gasteiger partial charge in [0.1, 0.15) is 0 Å². The monoisotopic (exact) mass is 216 g/mol. The number of carbonyl (C=O) groups excluding carboxylic acids is 1. The quantitative estimate of drug-likeness (QED) is 0.545. The highest BCUT2D eigenvalue weighted by Gasteiger charge is 2.44. The molecule has 2 atom stereocenters.